The zero-order valence-corrected chi connectivity index (χ0v) is 24.9. The monoisotopic (exact) mass is 580 g/mol. The minimum Gasteiger partial charge on any atom is -0.493 e. The summed E-state index contributed by atoms with van der Waals surface area (Å²) in [6.07, 6.45) is 5.22. The lowest BCUT2D eigenvalue weighted by Gasteiger charge is -2.21. The van der Waals surface area contributed by atoms with Crippen molar-refractivity contribution in [2.24, 2.45) is 5.16 Å². The average Bonchev–Trinajstić information content (AvgIpc) is 3.45. The molecule has 0 fully saturated rings. The van der Waals surface area contributed by atoms with Crippen molar-refractivity contribution < 1.29 is 14.3 Å². The van der Waals surface area contributed by atoms with E-state index in [4.69, 9.17) is 20.7 Å². The molecule has 1 N–H and O–H groups in total. The zero-order chi connectivity index (χ0) is 26.8. The first-order valence-electron chi connectivity index (χ1n) is 12.5. The number of methoxy groups -OCH3 is 2. The number of aromatic amines is 1. The van der Waals surface area contributed by atoms with E-state index in [1.54, 1.807) is 14.2 Å². The standard InChI is InChI=1S/C31H32N4O3.2ClH/c1-7-26(20-11-9-8-10-12-20)38-33-31-23-19-28(37-6)27(36-5)18-22(23)30-29(31)24-17-21(13-14-25(24)32-30)35(4)16-15-34(2)3;;/h1,8-14,17-19,26,32H,15-16H2,2-6H3;2*1H. The van der Waals surface area contributed by atoms with Crippen molar-refractivity contribution in [1.29, 1.82) is 0 Å². The fourth-order valence-corrected chi connectivity index (χ4v) is 4.78. The van der Waals surface area contributed by atoms with E-state index in [1.165, 1.54) is 0 Å². The van der Waals surface area contributed by atoms with Gasteiger partial charge in [0.25, 0.3) is 0 Å². The lowest BCUT2D eigenvalue weighted by Crippen LogP contribution is -2.28. The summed E-state index contributed by atoms with van der Waals surface area (Å²) in [5.41, 5.74) is 7.50. The highest BCUT2D eigenvalue weighted by molar-refractivity contribution is 6.30. The lowest BCUT2D eigenvalue weighted by atomic mass is 10.0. The molecule has 0 saturated heterocycles. The molecular weight excluding hydrogens is 547 g/mol. The highest BCUT2D eigenvalue weighted by Crippen LogP contribution is 2.46. The molecule has 210 valence electrons. The molecular formula is C31H34Cl2N4O3. The van der Waals surface area contributed by atoms with Gasteiger partial charge in [0.05, 0.1) is 19.9 Å². The molecule has 40 heavy (non-hydrogen) atoms. The van der Waals surface area contributed by atoms with Crippen LogP contribution in [-0.4, -0.2) is 64.0 Å². The molecule has 5 rings (SSSR count). The summed E-state index contributed by atoms with van der Waals surface area (Å²) in [6.45, 7) is 1.86. The van der Waals surface area contributed by atoms with Gasteiger partial charge in [-0.3, -0.25) is 0 Å². The number of terminal acetylenes is 1. The van der Waals surface area contributed by atoms with Crippen LogP contribution < -0.4 is 14.4 Å². The molecule has 3 aromatic carbocycles. The summed E-state index contributed by atoms with van der Waals surface area (Å²) in [7, 11) is 9.53. The van der Waals surface area contributed by atoms with Crippen molar-refractivity contribution in [1.82, 2.24) is 9.88 Å². The predicted molar refractivity (Wildman–Crippen MR) is 168 cm³/mol. The number of halogens is 2. The van der Waals surface area contributed by atoms with Crippen LogP contribution in [0.3, 0.4) is 0 Å². The highest BCUT2D eigenvalue weighted by Gasteiger charge is 2.32. The van der Waals surface area contributed by atoms with E-state index in [1.807, 2.05) is 42.5 Å². The van der Waals surface area contributed by atoms with Crippen LogP contribution in [0.15, 0.2) is 65.8 Å². The maximum atomic E-state index is 6.02. The normalized spacial score (nSPS) is 13.1. The summed E-state index contributed by atoms with van der Waals surface area (Å²) < 4.78 is 11.2. The Morgan fingerprint density at radius 3 is 2.20 bits per heavy atom. The van der Waals surface area contributed by atoms with E-state index in [9.17, 15) is 0 Å². The van der Waals surface area contributed by atoms with Crippen molar-refractivity contribution >= 4 is 47.1 Å². The number of oxime groups is 1. The SMILES string of the molecule is C#CC(ON=C1c2cc(OC)c(OC)cc2-c2[nH]c3ccc(N(C)CCN(C)C)cc3c21)c1ccccc1.Cl.Cl. The van der Waals surface area contributed by atoms with Gasteiger partial charge in [0.1, 0.15) is 5.71 Å². The number of nitrogens with zero attached hydrogens (tertiary/aromatic N) is 3. The smallest absolute Gasteiger partial charge is 0.212 e. The molecule has 1 heterocycles. The van der Waals surface area contributed by atoms with E-state index in [-0.39, 0.29) is 24.8 Å². The van der Waals surface area contributed by atoms with Gasteiger partial charge < -0.3 is 29.1 Å². The third-order valence-electron chi connectivity index (χ3n) is 6.89. The number of hydrogen-bond donors (Lipinski definition) is 1. The molecule has 1 aliphatic carbocycles. The van der Waals surface area contributed by atoms with Gasteiger partial charge >= 0.3 is 0 Å². The van der Waals surface area contributed by atoms with Gasteiger partial charge in [0, 0.05) is 59.0 Å². The molecule has 1 aromatic heterocycles. The van der Waals surface area contributed by atoms with Gasteiger partial charge in [0.2, 0.25) is 6.10 Å². The number of nitrogens with one attached hydrogen (secondary N) is 1. The third-order valence-corrected chi connectivity index (χ3v) is 6.89. The maximum absolute atomic E-state index is 6.02. The number of ether oxygens (including phenoxy) is 2. The van der Waals surface area contributed by atoms with Crippen molar-refractivity contribution in [3.8, 4) is 35.1 Å². The molecule has 1 aliphatic rings. The van der Waals surface area contributed by atoms with Crippen LogP contribution in [-0.2, 0) is 4.84 Å². The molecule has 1 unspecified atom stereocenters. The Morgan fingerprint density at radius 1 is 0.900 bits per heavy atom. The maximum Gasteiger partial charge on any atom is 0.212 e. The first kappa shape index (κ1) is 30.7. The fraction of sp³-hybridized carbons (Fsp3) is 0.258. The molecule has 9 heteroatoms. The van der Waals surface area contributed by atoms with Gasteiger partial charge in [-0.15, -0.1) is 31.2 Å². The highest BCUT2D eigenvalue weighted by atomic mass is 35.5. The summed E-state index contributed by atoms with van der Waals surface area (Å²) in [4.78, 5) is 14.0. The van der Waals surface area contributed by atoms with Crippen LogP contribution in [0.4, 0.5) is 5.69 Å². The average molecular weight is 582 g/mol. The van der Waals surface area contributed by atoms with Gasteiger partial charge in [-0.05, 0) is 44.4 Å². The Hall–Kier alpha value is -3.83. The number of anilines is 1. The molecule has 0 saturated carbocycles. The third kappa shape index (κ3) is 5.71. The van der Waals surface area contributed by atoms with Crippen LogP contribution in [0.1, 0.15) is 22.8 Å². The Balaban J connectivity index is 0.00000220. The van der Waals surface area contributed by atoms with Crippen LogP contribution in [0.2, 0.25) is 0 Å². The summed E-state index contributed by atoms with van der Waals surface area (Å²) in [5, 5.41) is 5.74. The molecule has 7 nitrogen and oxygen atoms in total. The van der Waals surface area contributed by atoms with E-state index in [0.29, 0.717) is 17.2 Å². The molecule has 0 aliphatic heterocycles. The van der Waals surface area contributed by atoms with Gasteiger partial charge in [-0.1, -0.05) is 41.4 Å². The molecule has 4 aromatic rings. The molecule has 1 atom stereocenters. The number of aromatic nitrogens is 1. The Kier molecular flexibility index (Phi) is 9.99. The first-order chi connectivity index (χ1) is 18.4. The van der Waals surface area contributed by atoms with Gasteiger partial charge in [0.15, 0.2) is 11.5 Å². The summed E-state index contributed by atoms with van der Waals surface area (Å²) in [6, 6.07) is 20.1. The largest absolute Gasteiger partial charge is 0.493 e. The number of benzene rings is 3. The second kappa shape index (κ2) is 13.0. The molecule has 0 radical (unpaired) electrons. The molecule has 0 bridgehead atoms. The first-order valence-corrected chi connectivity index (χ1v) is 12.5. The number of H-pyrrole nitrogens is 1. The van der Waals surface area contributed by atoms with Crippen LogP contribution >= 0.6 is 24.8 Å². The topological polar surface area (TPSA) is 62.3 Å². The number of rotatable bonds is 9. The fourth-order valence-electron chi connectivity index (χ4n) is 4.78. The van der Waals surface area contributed by atoms with E-state index in [2.05, 4.69) is 65.2 Å². The Labute approximate surface area is 247 Å². The van der Waals surface area contributed by atoms with E-state index >= 15 is 0 Å². The van der Waals surface area contributed by atoms with Crippen molar-refractivity contribution in [3.63, 3.8) is 0 Å². The Bertz CT molecular complexity index is 1540. The second-order valence-corrected chi connectivity index (χ2v) is 9.59. The van der Waals surface area contributed by atoms with Crippen molar-refractivity contribution in [2.75, 3.05) is 53.4 Å². The van der Waals surface area contributed by atoms with Crippen molar-refractivity contribution in [2.45, 2.75) is 6.10 Å². The Morgan fingerprint density at radius 2 is 1.57 bits per heavy atom. The van der Waals surface area contributed by atoms with Gasteiger partial charge in [-0.2, -0.15) is 0 Å². The summed E-state index contributed by atoms with van der Waals surface area (Å²) in [5.74, 6) is 3.98. The molecule has 0 spiro atoms. The second-order valence-electron chi connectivity index (χ2n) is 9.59. The molecule has 0 amide bonds. The van der Waals surface area contributed by atoms with Gasteiger partial charge in [-0.25, -0.2) is 0 Å². The minimum atomic E-state index is -0.616. The van der Waals surface area contributed by atoms with Crippen LogP contribution in [0.25, 0.3) is 22.2 Å². The van der Waals surface area contributed by atoms with E-state index in [0.717, 1.165) is 57.6 Å². The lowest BCUT2D eigenvalue weighted by molar-refractivity contribution is 0.100. The quantitative estimate of drug-likeness (QED) is 0.167. The number of fused-ring (bicyclic) bond motifs is 5. The predicted octanol–water partition coefficient (Wildman–Crippen LogP) is 6.15. The minimum absolute atomic E-state index is 0. The van der Waals surface area contributed by atoms with Crippen LogP contribution in [0.5, 0.6) is 11.5 Å². The van der Waals surface area contributed by atoms with Crippen molar-refractivity contribution in [3.05, 3.63) is 77.4 Å². The zero-order valence-electron chi connectivity index (χ0n) is 23.2. The number of likely N-dealkylation sites (N-methyl/N-ethyl adjacent to an activating group) is 2. The van der Waals surface area contributed by atoms with Crippen LogP contribution in [0, 0.1) is 12.3 Å². The van der Waals surface area contributed by atoms with E-state index < -0.39 is 6.10 Å². The number of hydrogen-bond acceptors (Lipinski definition) is 6. The summed E-state index contributed by atoms with van der Waals surface area (Å²) >= 11 is 0.